The molecule has 0 aliphatic carbocycles. The number of rotatable bonds is 3. The smallest absolute Gasteiger partial charge is 0.139 e. The van der Waals surface area contributed by atoms with Gasteiger partial charge in [0.1, 0.15) is 7.70 Å². The lowest BCUT2D eigenvalue weighted by molar-refractivity contribution is -0.110. The molecule has 0 bridgehead atoms. The summed E-state index contributed by atoms with van der Waals surface area (Å²) >= 11 is 0. The number of hydrogen-bond acceptors (Lipinski definition) is 3. The van der Waals surface area contributed by atoms with Crippen molar-refractivity contribution in [2.24, 2.45) is 5.73 Å². The van der Waals surface area contributed by atoms with E-state index in [0.29, 0.717) is 6.29 Å². The van der Waals surface area contributed by atoms with E-state index in [9.17, 15) is 4.79 Å². The van der Waals surface area contributed by atoms with Crippen LogP contribution in [0.1, 0.15) is 6.92 Å². The molecule has 3 nitrogen and oxygen atoms in total. The maximum absolute atomic E-state index is 9.84. The average Bonchev–Trinajstić information content (AvgIpc) is 1.69. The summed E-state index contributed by atoms with van der Waals surface area (Å²) < 4.78 is 6.45. The largest absolute Gasteiger partial charge is 0.391 e. The topological polar surface area (TPSA) is 63.3 Å². The molecule has 3 N–H and O–H groups in total. The first kappa shape index (κ1) is 4.74. The van der Waals surface area contributed by atoms with Crippen molar-refractivity contribution < 1.29 is 11.3 Å². The second-order valence-corrected chi connectivity index (χ2v) is 1.40. The quantitative estimate of drug-likeness (QED) is 0.447. The Morgan fingerprint density at radius 3 is 2.71 bits per heavy atom. The Hall–Kier alpha value is -0.410. The minimum absolute atomic E-state index is 0.498. The highest BCUT2D eigenvalue weighted by Crippen LogP contribution is 1.80. The number of aliphatic hydroxyl groups excluding tert-OH is 1. The van der Waals surface area contributed by atoms with E-state index in [2.05, 4.69) is 0 Å². The second kappa shape index (κ2) is 2.71. The molecule has 2 atom stereocenters. The molecule has 7 heavy (non-hydrogen) atoms. The van der Waals surface area contributed by atoms with Crippen LogP contribution in [0.15, 0.2) is 0 Å². The molecule has 0 aromatic rings. The molecule has 0 radical (unpaired) electrons. The van der Waals surface area contributed by atoms with Crippen molar-refractivity contribution >= 4 is 6.29 Å². The molecular weight excluding hydrogens is 94.0 g/mol. The van der Waals surface area contributed by atoms with Gasteiger partial charge in [0.25, 0.3) is 0 Å². The van der Waals surface area contributed by atoms with Gasteiger partial charge in [0.05, 0.1) is 12.1 Å². The first-order valence-corrected chi connectivity index (χ1v) is 2.03. The Balaban J connectivity index is 3.51. The second-order valence-electron chi connectivity index (χ2n) is 1.40. The number of hydrogen-bond donors (Lipinski definition) is 2. The molecule has 0 fully saturated rings. The van der Waals surface area contributed by atoms with Crippen molar-refractivity contribution in [2.45, 2.75) is 19.1 Å². The molecule has 0 spiro atoms. The van der Waals surface area contributed by atoms with E-state index >= 15 is 0 Å². The van der Waals surface area contributed by atoms with Gasteiger partial charge in [0, 0.05) is 0 Å². The molecule has 0 unspecified atom stereocenters. The summed E-state index contributed by atoms with van der Waals surface area (Å²) in [6.07, 6.45) is -0.289. The maximum atomic E-state index is 9.84. The molecule has 0 aliphatic heterocycles. The fourth-order valence-corrected chi connectivity index (χ4v) is 0.114. The third kappa shape index (κ3) is 2.31. The number of carbonyl (C=O) groups excluding carboxylic acids is 1. The van der Waals surface area contributed by atoms with Gasteiger partial charge >= 0.3 is 0 Å². The molecule has 42 valence electrons. The predicted molar refractivity (Wildman–Crippen MR) is 25.7 cm³/mol. The number of aliphatic hydroxyl groups is 1. The summed E-state index contributed by atoms with van der Waals surface area (Å²) in [6.45, 7) is 1.45. The van der Waals surface area contributed by atoms with Gasteiger partial charge in [0.2, 0.25) is 0 Å². The van der Waals surface area contributed by atoms with Gasteiger partial charge in [-0.1, -0.05) is 0 Å². The van der Waals surface area contributed by atoms with Gasteiger partial charge in [-0.05, 0) is 6.92 Å². The highest BCUT2D eigenvalue weighted by atomic mass is 16.3. The number of aldehydes is 1. The molecule has 0 saturated carbocycles. The lowest BCUT2D eigenvalue weighted by Gasteiger charge is -2.03. The Morgan fingerprint density at radius 1 is 2.14 bits per heavy atom. The fraction of sp³-hybridized carbons (Fsp3) is 0.750. The number of nitrogens with two attached hydrogens (primary N) is 1. The Bertz CT molecular complexity index is 76.4. The third-order valence-electron chi connectivity index (χ3n) is 0.666. The minimum atomic E-state index is -0.787. The van der Waals surface area contributed by atoms with Crippen LogP contribution in [0.25, 0.3) is 0 Å². The lowest BCUT2D eigenvalue weighted by Crippen LogP contribution is -2.33. The van der Waals surface area contributed by atoms with Crippen LogP contribution in [0.2, 0.25) is 1.41 Å². The molecule has 0 rings (SSSR count). The van der Waals surface area contributed by atoms with Crippen molar-refractivity contribution in [3.8, 4) is 0 Å². The number of carbonyl (C=O) groups is 1. The van der Waals surface area contributed by atoms with Crippen LogP contribution in [0.4, 0.5) is 0 Å². The lowest BCUT2D eigenvalue weighted by atomic mass is 10.2. The Labute approximate surface area is 43.6 Å². The van der Waals surface area contributed by atoms with Crippen LogP contribution < -0.4 is 5.73 Å². The van der Waals surface area contributed by atoms with E-state index in [4.69, 9.17) is 6.52 Å². The minimum Gasteiger partial charge on any atom is -0.391 e. The van der Waals surface area contributed by atoms with Gasteiger partial charge in [-0.2, -0.15) is 0 Å². The zero-order valence-corrected chi connectivity index (χ0v) is 4.09. The molecule has 0 amide bonds. The van der Waals surface area contributed by atoms with E-state index < -0.39 is 12.1 Å². The van der Waals surface area contributed by atoms with E-state index in [0.717, 1.165) is 0 Å². The predicted octanol–water partition coefficient (Wildman–Crippen LogP) is -1.11. The zero-order valence-electron chi connectivity index (χ0n) is 5.09. The van der Waals surface area contributed by atoms with Gasteiger partial charge in [-0.15, -0.1) is 0 Å². The van der Waals surface area contributed by atoms with E-state index in [1.807, 2.05) is 5.73 Å². The zero-order chi connectivity index (χ0) is 6.57. The van der Waals surface area contributed by atoms with Gasteiger partial charge in [-0.3, -0.25) is 0 Å². The Morgan fingerprint density at radius 2 is 2.71 bits per heavy atom. The van der Waals surface area contributed by atoms with Crippen LogP contribution in [-0.4, -0.2) is 23.5 Å². The van der Waals surface area contributed by atoms with Gasteiger partial charge in [0.15, 0.2) is 0 Å². The highest BCUT2D eigenvalue weighted by Gasteiger charge is 2.04. The third-order valence-corrected chi connectivity index (χ3v) is 0.666. The van der Waals surface area contributed by atoms with Crippen LogP contribution in [-0.2, 0) is 4.79 Å². The van der Waals surface area contributed by atoms with E-state index in [-0.39, 0.29) is 0 Å². The van der Waals surface area contributed by atoms with Crippen molar-refractivity contribution in [3.05, 3.63) is 0 Å². The van der Waals surface area contributed by atoms with E-state index in [1.165, 1.54) is 6.92 Å². The summed E-state index contributed by atoms with van der Waals surface area (Å²) in [5.41, 5.74) is 1.88. The van der Waals surface area contributed by atoms with Crippen LogP contribution >= 0.6 is 0 Å². The molecule has 3 heteroatoms. The normalized spacial score (nSPS) is 20.0. The molecule has 0 heterocycles. The summed E-state index contributed by atoms with van der Waals surface area (Å²) in [6, 6.07) is -0.755. The van der Waals surface area contributed by atoms with Crippen molar-refractivity contribution in [1.82, 2.24) is 0 Å². The van der Waals surface area contributed by atoms with Gasteiger partial charge < -0.3 is 15.6 Å². The van der Waals surface area contributed by atoms with Crippen LogP contribution in [0.5, 0.6) is 0 Å². The maximum Gasteiger partial charge on any atom is 0.139 e. The van der Waals surface area contributed by atoms with E-state index in [1.54, 1.807) is 0 Å². The molecule has 0 aromatic heterocycles. The highest BCUT2D eigenvalue weighted by molar-refractivity contribution is 5.57. The molecule has 0 aliphatic rings. The summed E-state index contributed by atoms with van der Waals surface area (Å²) in [4.78, 5) is 9.84. The average molecular weight is 105 g/mol. The molecule has 0 aromatic carbocycles. The van der Waals surface area contributed by atoms with Crippen molar-refractivity contribution in [3.63, 3.8) is 0 Å². The summed E-state index contributed by atoms with van der Waals surface area (Å²) in [5.74, 6) is 0. The SMILES string of the molecule is [3H]N[C@H](C=O)[C@@H](C)O. The summed E-state index contributed by atoms with van der Waals surface area (Å²) in [7, 11) is 0. The first-order chi connectivity index (χ1) is 3.72. The first-order valence-electron chi connectivity index (χ1n) is 2.53. The van der Waals surface area contributed by atoms with Crippen molar-refractivity contribution in [2.75, 3.05) is 0 Å². The van der Waals surface area contributed by atoms with Crippen LogP contribution in [0, 0.1) is 0 Å². The van der Waals surface area contributed by atoms with Gasteiger partial charge in [-0.25, -0.2) is 0 Å². The van der Waals surface area contributed by atoms with Crippen molar-refractivity contribution in [1.29, 1.82) is 0 Å². The van der Waals surface area contributed by atoms with Crippen LogP contribution in [0.3, 0.4) is 0 Å². The Kier molecular flexibility index (Phi) is 1.84. The summed E-state index contributed by atoms with van der Waals surface area (Å²) in [5, 5.41) is 8.60. The molecule has 0 saturated heterocycles. The molecular formula is C4H9NO2. The standard InChI is InChI=1S/C4H9NO2/c1-3(7)4(5)2-6/h2-4,7H,5H2,1H3/t3-,4-/m1/s1/i/hT. The monoisotopic (exact) mass is 105 g/mol. The fourth-order valence-electron chi connectivity index (χ4n) is 0.114.